The predicted molar refractivity (Wildman–Crippen MR) is 85.3 cm³/mol. The monoisotopic (exact) mass is 307 g/mol. The van der Waals surface area contributed by atoms with Crippen LogP contribution in [0.2, 0.25) is 0 Å². The van der Waals surface area contributed by atoms with E-state index in [0.29, 0.717) is 16.8 Å². The van der Waals surface area contributed by atoms with E-state index in [1.54, 1.807) is 48.8 Å². The van der Waals surface area contributed by atoms with Crippen LogP contribution in [0.5, 0.6) is 0 Å². The van der Waals surface area contributed by atoms with Crippen LogP contribution in [0.15, 0.2) is 54.9 Å². The minimum absolute atomic E-state index is 0.0129. The molecule has 0 aliphatic rings. The number of aromatic carboxylic acids is 1. The van der Waals surface area contributed by atoms with Gasteiger partial charge in [0.15, 0.2) is 0 Å². The molecule has 0 unspecified atom stereocenters. The standard InChI is InChI=1S/C17H13N3O3/c21-16(9-11-3-1-2-4-13(11)17(22)23)20-12-5-6-14-15(10-12)19-8-7-18-14/h1-8,10H,9H2,(H,20,21)(H,22,23). The van der Waals surface area contributed by atoms with Crippen LogP contribution in [0, 0.1) is 0 Å². The molecule has 3 rings (SSSR count). The van der Waals surface area contributed by atoms with Crippen molar-refractivity contribution in [2.45, 2.75) is 6.42 Å². The maximum atomic E-state index is 12.2. The smallest absolute Gasteiger partial charge is 0.335 e. The number of nitrogens with one attached hydrogen (secondary N) is 1. The van der Waals surface area contributed by atoms with Gasteiger partial charge in [-0.3, -0.25) is 14.8 Å². The lowest BCUT2D eigenvalue weighted by molar-refractivity contribution is -0.115. The maximum absolute atomic E-state index is 12.2. The van der Waals surface area contributed by atoms with E-state index in [-0.39, 0.29) is 17.9 Å². The van der Waals surface area contributed by atoms with Gasteiger partial charge in [0.25, 0.3) is 0 Å². The van der Waals surface area contributed by atoms with E-state index < -0.39 is 5.97 Å². The molecule has 1 heterocycles. The summed E-state index contributed by atoms with van der Waals surface area (Å²) in [6, 6.07) is 11.7. The molecule has 0 spiro atoms. The summed E-state index contributed by atoms with van der Waals surface area (Å²) in [7, 11) is 0. The molecule has 3 aromatic rings. The number of carbonyl (C=O) groups excluding carboxylic acids is 1. The van der Waals surface area contributed by atoms with Crippen molar-refractivity contribution in [2.24, 2.45) is 0 Å². The third-order valence-electron chi connectivity index (χ3n) is 3.35. The van der Waals surface area contributed by atoms with E-state index in [1.807, 2.05) is 0 Å². The molecule has 1 amide bonds. The van der Waals surface area contributed by atoms with Crippen LogP contribution in [0.25, 0.3) is 11.0 Å². The number of benzene rings is 2. The zero-order valence-corrected chi connectivity index (χ0v) is 12.1. The van der Waals surface area contributed by atoms with Gasteiger partial charge in [0.05, 0.1) is 23.0 Å². The number of anilines is 1. The number of carboxylic acids is 1. The van der Waals surface area contributed by atoms with Crippen molar-refractivity contribution in [3.8, 4) is 0 Å². The maximum Gasteiger partial charge on any atom is 0.335 e. The molecule has 0 saturated heterocycles. The summed E-state index contributed by atoms with van der Waals surface area (Å²) < 4.78 is 0. The molecule has 1 aromatic heterocycles. The van der Waals surface area contributed by atoms with Crippen molar-refractivity contribution in [1.29, 1.82) is 0 Å². The first-order valence-corrected chi connectivity index (χ1v) is 6.95. The van der Waals surface area contributed by atoms with Crippen molar-refractivity contribution < 1.29 is 14.7 Å². The average molecular weight is 307 g/mol. The molecule has 0 fully saturated rings. The van der Waals surface area contributed by atoms with Gasteiger partial charge < -0.3 is 10.4 Å². The van der Waals surface area contributed by atoms with Crippen LogP contribution in [0.3, 0.4) is 0 Å². The number of hydrogen-bond donors (Lipinski definition) is 2. The molecule has 6 heteroatoms. The molecular formula is C17H13N3O3. The fraction of sp³-hybridized carbons (Fsp3) is 0.0588. The summed E-state index contributed by atoms with van der Waals surface area (Å²) in [4.78, 5) is 31.7. The number of amides is 1. The second-order valence-corrected chi connectivity index (χ2v) is 4.95. The molecular weight excluding hydrogens is 294 g/mol. The minimum Gasteiger partial charge on any atom is -0.478 e. The highest BCUT2D eigenvalue weighted by atomic mass is 16.4. The van der Waals surface area contributed by atoms with Gasteiger partial charge in [0, 0.05) is 18.1 Å². The lowest BCUT2D eigenvalue weighted by Gasteiger charge is -2.08. The molecule has 6 nitrogen and oxygen atoms in total. The van der Waals surface area contributed by atoms with Crippen molar-refractivity contribution >= 4 is 28.6 Å². The van der Waals surface area contributed by atoms with Gasteiger partial charge >= 0.3 is 5.97 Å². The van der Waals surface area contributed by atoms with E-state index in [0.717, 1.165) is 5.52 Å². The molecule has 0 atom stereocenters. The highest BCUT2D eigenvalue weighted by Gasteiger charge is 2.12. The highest BCUT2D eigenvalue weighted by Crippen LogP contribution is 2.16. The Labute approximate surface area is 131 Å². The molecule has 23 heavy (non-hydrogen) atoms. The molecule has 114 valence electrons. The van der Waals surface area contributed by atoms with Gasteiger partial charge in [-0.1, -0.05) is 18.2 Å². The number of carboxylic acid groups (broad SMARTS) is 1. The third-order valence-corrected chi connectivity index (χ3v) is 3.35. The van der Waals surface area contributed by atoms with E-state index >= 15 is 0 Å². The summed E-state index contributed by atoms with van der Waals surface area (Å²) in [6.07, 6.45) is 3.17. The molecule has 2 N–H and O–H groups in total. The molecule has 0 bridgehead atoms. The van der Waals surface area contributed by atoms with Crippen LogP contribution in [-0.2, 0) is 11.2 Å². The van der Waals surface area contributed by atoms with Crippen LogP contribution >= 0.6 is 0 Å². The summed E-state index contributed by atoms with van der Waals surface area (Å²) in [5, 5.41) is 11.9. The topological polar surface area (TPSA) is 92.2 Å². The largest absolute Gasteiger partial charge is 0.478 e. The van der Waals surface area contributed by atoms with Gasteiger partial charge in [-0.15, -0.1) is 0 Å². The number of hydrogen-bond acceptors (Lipinski definition) is 4. The zero-order valence-electron chi connectivity index (χ0n) is 12.1. The quantitative estimate of drug-likeness (QED) is 0.772. The van der Waals surface area contributed by atoms with Crippen molar-refractivity contribution in [3.63, 3.8) is 0 Å². The summed E-state index contributed by atoms with van der Waals surface area (Å²) in [5.74, 6) is -1.34. The molecule has 0 radical (unpaired) electrons. The van der Waals surface area contributed by atoms with Crippen LogP contribution in [-0.4, -0.2) is 27.0 Å². The molecule has 0 aliphatic carbocycles. The summed E-state index contributed by atoms with van der Waals surface area (Å²) in [6.45, 7) is 0. The average Bonchev–Trinajstić information content (AvgIpc) is 2.55. The minimum atomic E-state index is -1.05. The van der Waals surface area contributed by atoms with Crippen molar-refractivity contribution in [2.75, 3.05) is 5.32 Å². The Morgan fingerprint density at radius 1 is 1.00 bits per heavy atom. The van der Waals surface area contributed by atoms with Gasteiger partial charge in [-0.25, -0.2) is 4.79 Å². The third kappa shape index (κ3) is 3.32. The lowest BCUT2D eigenvalue weighted by Crippen LogP contribution is -2.16. The highest BCUT2D eigenvalue weighted by molar-refractivity contribution is 5.97. The van der Waals surface area contributed by atoms with E-state index in [2.05, 4.69) is 15.3 Å². The van der Waals surface area contributed by atoms with Gasteiger partial charge in [-0.05, 0) is 29.8 Å². The first-order chi connectivity index (χ1) is 11.1. The van der Waals surface area contributed by atoms with Crippen molar-refractivity contribution in [1.82, 2.24) is 9.97 Å². The number of aromatic nitrogens is 2. The Morgan fingerprint density at radius 2 is 1.74 bits per heavy atom. The van der Waals surface area contributed by atoms with Gasteiger partial charge in [0.2, 0.25) is 5.91 Å². The van der Waals surface area contributed by atoms with E-state index in [1.165, 1.54) is 6.07 Å². The molecule has 0 saturated carbocycles. The normalized spacial score (nSPS) is 10.4. The Balaban J connectivity index is 1.77. The number of fused-ring (bicyclic) bond motifs is 1. The van der Waals surface area contributed by atoms with Crippen molar-refractivity contribution in [3.05, 3.63) is 66.0 Å². The Hall–Kier alpha value is -3.28. The zero-order chi connectivity index (χ0) is 16.2. The van der Waals surface area contributed by atoms with Gasteiger partial charge in [0.1, 0.15) is 0 Å². The first-order valence-electron chi connectivity index (χ1n) is 6.95. The fourth-order valence-corrected chi connectivity index (χ4v) is 2.30. The lowest BCUT2D eigenvalue weighted by atomic mass is 10.0. The van der Waals surface area contributed by atoms with Crippen LogP contribution in [0.4, 0.5) is 5.69 Å². The summed E-state index contributed by atoms with van der Waals surface area (Å²) in [5.41, 5.74) is 2.61. The molecule has 2 aromatic carbocycles. The second-order valence-electron chi connectivity index (χ2n) is 4.95. The molecule has 0 aliphatic heterocycles. The van der Waals surface area contributed by atoms with Crippen LogP contribution < -0.4 is 5.32 Å². The predicted octanol–water partition coefficient (Wildman–Crippen LogP) is 2.51. The van der Waals surface area contributed by atoms with E-state index in [4.69, 9.17) is 5.11 Å². The summed E-state index contributed by atoms with van der Waals surface area (Å²) >= 11 is 0. The number of nitrogens with zero attached hydrogens (tertiary/aromatic N) is 2. The second kappa shape index (κ2) is 6.23. The number of rotatable bonds is 4. The fourth-order valence-electron chi connectivity index (χ4n) is 2.30. The Kier molecular flexibility index (Phi) is 3.97. The SMILES string of the molecule is O=C(Cc1ccccc1C(=O)O)Nc1ccc2nccnc2c1. The number of carbonyl (C=O) groups is 2. The van der Waals surface area contributed by atoms with Gasteiger partial charge in [-0.2, -0.15) is 0 Å². The van der Waals surface area contributed by atoms with Crippen LogP contribution in [0.1, 0.15) is 15.9 Å². The first kappa shape index (κ1) is 14.6. The Bertz CT molecular complexity index is 893. The Morgan fingerprint density at radius 3 is 2.52 bits per heavy atom. The van der Waals surface area contributed by atoms with E-state index in [9.17, 15) is 9.59 Å².